The first-order valence-corrected chi connectivity index (χ1v) is 17.1. The van der Waals surface area contributed by atoms with Crippen LogP contribution in [0.1, 0.15) is 101 Å². The van der Waals surface area contributed by atoms with Crippen LogP contribution in [0, 0.1) is 11.8 Å². The fraction of sp³-hybridized carbons (Fsp3) is 0.400. The number of aromatic nitrogens is 2. The van der Waals surface area contributed by atoms with Gasteiger partial charge in [-0.25, -0.2) is 9.97 Å². The van der Waals surface area contributed by atoms with Gasteiger partial charge in [-0.05, 0) is 88.5 Å². The van der Waals surface area contributed by atoms with Crippen LogP contribution in [-0.2, 0) is 9.59 Å². The molecule has 0 saturated heterocycles. The van der Waals surface area contributed by atoms with E-state index in [1.165, 1.54) is 5.56 Å². The van der Waals surface area contributed by atoms with Crippen LogP contribution in [0.4, 0.5) is 0 Å². The van der Waals surface area contributed by atoms with Gasteiger partial charge in [0.25, 0.3) is 0 Å². The van der Waals surface area contributed by atoms with Crippen molar-refractivity contribution in [2.24, 2.45) is 17.6 Å². The molecule has 2 aliphatic rings. The van der Waals surface area contributed by atoms with Crippen molar-refractivity contribution >= 4 is 11.9 Å². The van der Waals surface area contributed by atoms with E-state index >= 15 is 0 Å². The Bertz CT molecular complexity index is 1600. The number of aliphatic carboxylic acids is 1. The Hall–Kier alpha value is -4.76. The number of carboxylic acids is 1. The van der Waals surface area contributed by atoms with Gasteiger partial charge in [-0.15, -0.1) is 0 Å². The zero-order chi connectivity index (χ0) is 35.5. The number of carbonyl (C=O) groups is 2. The van der Waals surface area contributed by atoms with Crippen LogP contribution in [0.25, 0.3) is 0 Å². The second-order valence-corrected chi connectivity index (χ2v) is 13.3. The Balaban J connectivity index is 0.000000182. The molecule has 0 aliphatic heterocycles. The van der Waals surface area contributed by atoms with Crippen molar-refractivity contribution in [3.05, 3.63) is 120 Å². The lowest BCUT2D eigenvalue weighted by atomic mass is 10.1. The zero-order valence-electron chi connectivity index (χ0n) is 29.3. The van der Waals surface area contributed by atoms with Crippen molar-refractivity contribution < 1.29 is 24.2 Å². The standard InChI is InChI=1S/C20H24N2O2.C10H16N2O.C10H10O2/c1-13(2)24-19-10-9-16(12-21-19)14(3)22-20(23)18-11-17(18)15-7-5-4-6-8-15;1-7(2)13-10-5-4-9(6-12-10)8(3)11;11-10(12)9-6-8(9)7-4-2-1-3-5-7/h4-10,12-14,17-18H,11H2,1-3H3,(H,22,23);4-8H,11H2,1-3H3;1-5,8-9H,6H2,(H,11,12)/t14-,17+,18-;8-;8-,9+/m001/s1. The minimum absolute atomic E-state index is 0.0283. The third kappa shape index (κ3) is 11.7. The van der Waals surface area contributed by atoms with Crippen molar-refractivity contribution in [2.45, 2.75) is 90.5 Å². The van der Waals surface area contributed by atoms with Crippen LogP contribution in [0.3, 0.4) is 0 Å². The van der Waals surface area contributed by atoms with E-state index in [1.807, 2.05) is 114 Å². The summed E-state index contributed by atoms with van der Waals surface area (Å²) in [7, 11) is 0. The number of hydrogen-bond acceptors (Lipinski definition) is 7. The molecule has 0 unspecified atom stereocenters. The first-order valence-electron chi connectivity index (χ1n) is 17.1. The van der Waals surface area contributed by atoms with E-state index < -0.39 is 5.97 Å². The topological polar surface area (TPSA) is 137 Å². The molecule has 6 rings (SSSR count). The second kappa shape index (κ2) is 17.6. The second-order valence-electron chi connectivity index (χ2n) is 13.3. The van der Waals surface area contributed by atoms with Gasteiger partial charge in [-0.3, -0.25) is 9.59 Å². The maximum atomic E-state index is 12.4. The van der Waals surface area contributed by atoms with Gasteiger partial charge in [-0.2, -0.15) is 0 Å². The molecule has 1 amide bonds. The molecule has 4 N–H and O–H groups in total. The summed E-state index contributed by atoms with van der Waals surface area (Å²) < 4.78 is 10.9. The minimum atomic E-state index is -0.663. The van der Waals surface area contributed by atoms with Crippen LogP contribution in [0.5, 0.6) is 11.8 Å². The third-order valence-electron chi connectivity index (χ3n) is 8.31. The van der Waals surface area contributed by atoms with Crippen molar-refractivity contribution in [3.8, 4) is 11.8 Å². The molecular formula is C40H50N4O5. The van der Waals surface area contributed by atoms with Gasteiger partial charge in [0.15, 0.2) is 0 Å². The van der Waals surface area contributed by atoms with Crippen LogP contribution < -0.4 is 20.5 Å². The van der Waals surface area contributed by atoms with Crippen molar-refractivity contribution in [3.63, 3.8) is 0 Å². The van der Waals surface area contributed by atoms with Gasteiger partial charge < -0.3 is 25.6 Å². The number of carboxylic acid groups (broad SMARTS) is 1. The van der Waals surface area contributed by atoms with E-state index in [-0.39, 0.29) is 48.0 Å². The monoisotopic (exact) mass is 666 g/mol. The predicted octanol–water partition coefficient (Wildman–Crippen LogP) is 7.61. The number of amides is 1. The lowest BCUT2D eigenvalue weighted by molar-refractivity contribution is -0.138. The van der Waals surface area contributed by atoms with Crippen LogP contribution >= 0.6 is 0 Å². The predicted molar refractivity (Wildman–Crippen MR) is 191 cm³/mol. The molecule has 260 valence electrons. The Morgan fingerprint density at radius 2 is 1.14 bits per heavy atom. The highest BCUT2D eigenvalue weighted by molar-refractivity contribution is 5.83. The summed E-state index contributed by atoms with van der Waals surface area (Å²) in [6.45, 7) is 11.8. The first kappa shape index (κ1) is 37.1. The molecule has 0 bridgehead atoms. The van der Waals surface area contributed by atoms with Crippen LogP contribution in [0.15, 0.2) is 97.3 Å². The van der Waals surface area contributed by atoms with Crippen LogP contribution in [-0.4, -0.2) is 39.2 Å². The highest BCUT2D eigenvalue weighted by atomic mass is 16.5. The largest absolute Gasteiger partial charge is 0.481 e. The van der Waals surface area contributed by atoms with Gasteiger partial charge >= 0.3 is 5.97 Å². The number of hydrogen-bond donors (Lipinski definition) is 3. The SMILES string of the molecule is CC(C)Oc1ccc([C@H](C)N)cn1.CC(C)Oc1ccc([C@H](C)NC(=O)[C@H]2C[C@@H]2c2ccccc2)cn1.O=C(O)[C@H]1C[C@@H]1c1ccccc1. The molecule has 2 heterocycles. The summed E-state index contributed by atoms with van der Waals surface area (Å²) in [5.74, 6) is 1.31. The summed E-state index contributed by atoms with van der Waals surface area (Å²) >= 11 is 0. The molecule has 2 aromatic heterocycles. The average molecular weight is 667 g/mol. The van der Waals surface area contributed by atoms with Crippen LogP contribution in [0.2, 0.25) is 0 Å². The number of nitrogens with one attached hydrogen (secondary N) is 1. The van der Waals surface area contributed by atoms with E-state index in [1.54, 1.807) is 12.4 Å². The van der Waals surface area contributed by atoms with Gasteiger partial charge in [-0.1, -0.05) is 72.8 Å². The fourth-order valence-corrected chi connectivity index (χ4v) is 5.43. The molecule has 0 spiro atoms. The molecule has 0 radical (unpaired) electrons. The Kier molecular flexibility index (Phi) is 13.3. The van der Waals surface area contributed by atoms with Crippen molar-refractivity contribution in [1.29, 1.82) is 0 Å². The first-order chi connectivity index (χ1) is 23.4. The highest BCUT2D eigenvalue weighted by Gasteiger charge is 2.44. The van der Waals surface area contributed by atoms with Gasteiger partial charge in [0.05, 0.1) is 24.2 Å². The number of pyridine rings is 2. The smallest absolute Gasteiger partial charge is 0.307 e. The number of nitrogens with two attached hydrogens (primary N) is 1. The molecule has 2 aliphatic carbocycles. The number of benzene rings is 2. The third-order valence-corrected chi connectivity index (χ3v) is 8.31. The molecule has 2 saturated carbocycles. The van der Waals surface area contributed by atoms with E-state index in [0.717, 1.165) is 29.5 Å². The van der Waals surface area contributed by atoms with Gasteiger partial charge in [0.1, 0.15) is 0 Å². The highest BCUT2D eigenvalue weighted by Crippen LogP contribution is 2.48. The summed E-state index contributed by atoms with van der Waals surface area (Å²) in [6.07, 6.45) is 5.52. The Morgan fingerprint density at radius 1 is 0.694 bits per heavy atom. The molecule has 6 atom stereocenters. The molecule has 9 heteroatoms. The molecule has 2 fully saturated rings. The van der Waals surface area contributed by atoms with E-state index in [2.05, 4.69) is 27.4 Å². The number of nitrogens with zero attached hydrogens (tertiary/aromatic N) is 2. The van der Waals surface area contributed by atoms with Gasteiger partial charge in [0, 0.05) is 36.5 Å². The molecule has 2 aromatic carbocycles. The van der Waals surface area contributed by atoms with E-state index in [9.17, 15) is 9.59 Å². The van der Waals surface area contributed by atoms with Crippen molar-refractivity contribution in [1.82, 2.24) is 15.3 Å². The average Bonchev–Trinajstić information content (AvgIpc) is 4.01. The van der Waals surface area contributed by atoms with E-state index in [4.69, 9.17) is 20.3 Å². The lowest BCUT2D eigenvalue weighted by Gasteiger charge is -2.15. The summed E-state index contributed by atoms with van der Waals surface area (Å²) in [5, 5.41) is 11.8. The summed E-state index contributed by atoms with van der Waals surface area (Å²) in [5.41, 5.74) is 10.1. The summed E-state index contributed by atoms with van der Waals surface area (Å²) in [6, 6.07) is 27.6. The van der Waals surface area contributed by atoms with Crippen molar-refractivity contribution in [2.75, 3.05) is 0 Å². The lowest BCUT2D eigenvalue weighted by Crippen LogP contribution is -2.28. The minimum Gasteiger partial charge on any atom is -0.481 e. The van der Waals surface area contributed by atoms with Gasteiger partial charge in [0.2, 0.25) is 17.7 Å². The quantitative estimate of drug-likeness (QED) is 0.149. The molecular weight excluding hydrogens is 616 g/mol. The zero-order valence-corrected chi connectivity index (χ0v) is 29.3. The van der Waals surface area contributed by atoms with E-state index in [0.29, 0.717) is 17.7 Å². The summed E-state index contributed by atoms with van der Waals surface area (Å²) in [4.78, 5) is 31.4. The molecule has 9 nitrogen and oxygen atoms in total. The maximum absolute atomic E-state index is 12.4. The Morgan fingerprint density at radius 3 is 1.53 bits per heavy atom. The number of ether oxygens (including phenoxy) is 2. The normalized spacial score (nSPS) is 20.0. The fourth-order valence-electron chi connectivity index (χ4n) is 5.43. The number of rotatable bonds is 11. The Labute approximate surface area is 290 Å². The number of carbonyl (C=O) groups excluding carboxylic acids is 1. The molecule has 4 aromatic rings. The maximum Gasteiger partial charge on any atom is 0.307 e. The molecule has 49 heavy (non-hydrogen) atoms.